The van der Waals surface area contributed by atoms with Gasteiger partial charge in [0.05, 0.1) is 0 Å². The Morgan fingerprint density at radius 1 is 1.21 bits per heavy atom. The van der Waals surface area contributed by atoms with E-state index in [4.69, 9.17) is 0 Å². The van der Waals surface area contributed by atoms with Crippen LogP contribution in [0.25, 0.3) is 0 Å². The molecule has 0 spiro atoms. The molecule has 0 unspecified atom stereocenters. The zero-order chi connectivity index (χ0) is 13.8. The number of amides is 1. The van der Waals surface area contributed by atoms with Gasteiger partial charge in [-0.1, -0.05) is 20.3 Å². The summed E-state index contributed by atoms with van der Waals surface area (Å²) in [6.45, 7) is 4.27. The fourth-order valence-electron chi connectivity index (χ4n) is 2.51. The van der Waals surface area contributed by atoms with Gasteiger partial charge in [-0.25, -0.2) is 9.82 Å². The van der Waals surface area contributed by atoms with Gasteiger partial charge < -0.3 is 0 Å². The van der Waals surface area contributed by atoms with Crippen LogP contribution < -0.4 is 5.43 Å². The molecule has 0 heterocycles. The van der Waals surface area contributed by atoms with Gasteiger partial charge in [0.1, 0.15) is 5.82 Å². The Balaban J connectivity index is 2.04. The quantitative estimate of drug-likeness (QED) is 0.816. The molecule has 102 valence electrons. The minimum absolute atomic E-state index is 0.294. The highest BCUT2D eigenvalue weighted by Crippen LogP contribution is 2.25. The first-order chi connectivity index (χ1) is 9.08. The number of nitrogens with zero attached hydrogens (tertiary/aromatic N) is 1. The van der Waals surface area contributed by atoms with Crippen molar-refractivity contribution in [2.45, 2.75) is 33.1 Å². The third kappa shape index (κ3) is 3.40. The van der Waals surface area contributed by atoms with Crippen molar-refractivity contribution in [3.63, 3.8) is 0 Å². The van der Waals surface area contributed by atoms with Crippen LogP contribution >= 0.6 is 0 Å². The Labute approximate surface area is 112 Å². The number of carbonyl (C=O) groups excluding carboxylic acids is 1. The topological polar surface area (TPSA) is 41.5 Å². The van der Waals surface area contributed by atoms with Crippen molar-refractivity contribution in [3.8, 4) is 0 Å². The second-order valence-electron chi connectivity index (χ2n) is 5.22. The molecular weight excluding hydrogens is 243 g/mol. The van der Waals surface area contributed by atoms with E-state index in [2.05, 4.69) is 24.4 Å². The summed E-state index contributed by atoms with van der Waals surface area (Å²) in [4.78, 5) is 11.9. The molecule has 1 aliphatic rings. The molecule has 1 fully saturated rings. The monoisotopic (exact) mass is 262 g/mol. The Hall–Kier alpha value is -1.71. The number of hydrogen-bond donors (Lipinski definition) is 1. The van der Waals surface area contributed by atoms with Gasteiger partial charge in [-0.05, 0) is 48.9 Å². The van der Waals surface area contributed by atoms with E-state index >= 15 is 0 Å². The van der Waals surface area contributed by atoms with E-state index in [1.54, 1.807) is 0 Å². The van der Waals surface area contributed by atoms with Gasteiger partial charge in [-0.2, -0.15) is 5.10 Å². The number of halogens is 1. The summed E-state index contributed by atoms with van der Waals surface area (Å²) in [5, 5.41) is 4.27. The van der Waals surface area contributed by atoms with Crippen molar-refractivity contribution in [2.75, 3.05) is 0 Å². The zero-order valence-corrected chi connectivity index (χ0v) is 11.3. The summed E-state index contributed by atoms with van der Waals surface area (Å²) in [6.07, 6.45) is 3.46. The first-order valence-corrected chi connectivity index (χ1v) is 6.71. The van der Waals surface area contributed by atoms with Gasteiger partial charge >= 0.3 is 0 Å². The van der Waals surface area contributed by atoms with Crippen molar-refractivity contribution < 1.29 is 9.18 Å². The number of carbonyl (C=O) groups is 1. The van der Waals surface area contributed by atoms with Crippen LogP contribution in [0, 0.1) is 17.7 Å². The van der Waals surface area contributed by atoms with E-state index in [1.165, 1.54) is 30.7 Å². The Morgan fingerprint density at radius 3 is 2.37 bits per heavy atom. The lowest BCUT2D eigenvalue weighted by Gasteiger charge is -2.26. The van der Waals surface area contributed by atoms with Crippen molar-refractivity contribution in [3.05, 3.63) is 35.6 Å². The van der Waals surface area contributed by atoms with Gasteiger partial charge in [0.15, 0.2) is 0 Å². The summed E-state index contributed by atoms with van der Waals surface area (Å²) >= 11 is 0. The average Bonchev–Trinajstić information content (AvgIpc) is 2.38. The van der Waals surface area contributed by atoms with Crippen molar-refractivity contribution >= 4 is 11.6 Å². The smallest absolute Gasteiger partial charge is 0.267 e. The maximum absolute atomic E-state index is 12.8. The van der Waals surface area contributed by atoms with Gasteiger partial charge in [0.2, 0.25) is 0 Å². The second kappa shape index (κ2) is 5.95. The van der Waals surface area contributed by atoms with Crippen molar-refractivity contribution in [1.29, 1.82) is 0 Å². The summed E-state index contributed by atoms with van der Waals surface area (Å²) in [5.41, 5.74) is 4.05. The molecule has 19 heavy (non-hydrogen) atoms. The van der Waals surface area contributed by atoms with Crippen LogP contribution in [0.2, 0.25) is 0 Å². The van der Waals surface area contributed by atoms with Crippen LogP contribution in [-0.4, -0.2) is 11.6 Å². The van der Waals surface area contributed by atoms with Crippen LogP contribution in [0.3, 0.4) is 0 Å². The van der Waals surface area contributed by atoms with E-state index < -0.39 is 0 Å². The standard InChI is InChI=1S/C15H19FN2O/c1-10-4-3-5-11(2)14(10)17-18-15(19)12-6-8-13(16)9-7-12/h6-11H,3-5H2,1-2H3,(H,18,19)/t10-,11-/m1/s1. The Morgan fingerprint density at radius 2 is 1.79 bits per heavy atom. The Bertz CT molecular complexity index is 469. The lowest BCUT2D eigenvalue weighted by Crippen LogP contribution is -2.29. The molecule has 0 aromatic heterocycles. The van der Waals surface area contributed by atoms with Crippen LogP contribution in [-0.2, 0) is 0 Å². The molecule has 1 aromatic carbocycles. The number of hydrazone groups is 1. The number of rotatable bonds is 2. The SMILES string of the molecule is C[C@@H]1CCC[C@@H](C)C1=NNC(=O)c1ccc(F)cc1. The first kappa shape index (κ1) is 13.7. The normalized spacial score (nSPS) is 23.0. The molecule has 4 heteroatoms. The van der Waals surface area contributed by atoms with Crippen molar-refractivity contribution in [2.24, 2.45) is 16.9 Å². The summed E-state index contributed by atoms with van der Waals surface area (Å²) in [6, 6.07) is 5.46. The van der Waals surface area contributed by atoms with E-state index in [0.29, 0.717) is 17.4 Å². The Kier molecular flexibility index (Phi) is 4.30. The molecule has 0 aliphatic heterocycles. The second-order valence-corrected chi connectivity index (χ2v) is 5.22. The largest absolute Gasteiger partial charge is 0.271 e. The van der Waals surface area contributed by atoms with Crippen LogP contribution in [0.5, 0.6) is 0 Å². The molecule has 0 saturated heterocycles. The van der Waals surface area contributed by atoms with Crippen molar-refractivity contribution in [1.82, 2.24) is 5.43 Å². The number of hydrogen-bond acceptors (Lipinski definition) is 2. The minimum Gasteiger partial charge on any atom is -0.267 e. The molecule has 0 bridgehead atoms. The van der Waals surface area contributed by atoms with E-state index in [9.17, 15) is 9.18 Å². The fourth-order valence-corrected chi connectivity index (χ4v) is 2.51. The highest BCUT2D eigenvalue weighted by Gasteiger charge is 2.23. The molecule has 1 aromatic rings. The molecule has 1 amide bonds. The number of benzene rings is 1. The molecule has 1 aliphatic carbocycles. The zero-order valence-electron chi connectivity index (χ0n) is 11.3. The predicted molar refractivity (Wildman–Crippen MR) is 73.5 cm³/mol. The lowest BCUT2D eigenvalue weighted by molar-refractivity contribution is 0.0954. The molecule has 1 N–H and O–H groups in total. The number of nitrogens with one attached hydrogen (secondary N) is 1. The van der Waals surface area contributed by atoms with Gasteiger partial charge in [0.25, 0.3) is 5.91 Å². The lowest BCUT2D eigenvalue weighted by atomic mass is 9.81. The van der Waals surface area contributed by atoms with Gasteiger partial charge in [-0.15, -0.1) is 0 Å². The van der Waals surface area contributed by atoms with E-state index in [1.807, 2.05) is 0 Å². The summed E-state index contributed by atoms with van der Waals surface area (Å²) in [7, 11) is 0. The van der Waals surface area contributed by atoms with Crippen LogP contribution in [0.1, 0.15) is 43.5 Å². The third-order valence-electron chi connectivity index (χ3n) is 3.68. The van der Waals surface area contributed by atoms with Gasteiger partial charge in [-0.3, -0.25) is 4.79 Å². The van der Waals surface area contributed by atoms with Crippen LogP contribution in [0.15, 0.2) is 29.4 Å². The van der Waals surface area contributed by atoms with E-state index in [-0.39, 0.29) is 11.7 Å². The minimum atomic E-state index is -0.350. The van der Waals surface area contributed by atoms with Crippen LogP contribution in [0.4, 0.5) is 4.39 Å². The fraction of sp³-hybridized carbons (Fsp3) is 0.467. The molecule has 2 rings (SSSR count). The third-order valence-corrected chi connectivity index (χ3v) is 3.68. The molecule has 1 saturated carbocycles. The molecule has 2 atom stereocenters. The summed E-state index contributed by atoms with van der Waals surface area (Å²) < 4.78 is 12.8. The predicted octanol–water partition coefficient (Wildman–Crippen LogP) is 3.37. The van der Waals surface area contributed by atoms with E-state index in [0.717, 1.165) is 18.6 Å². The van der Waals surface area contributed by atoms with Gasteiger partial charge in [0, 0.05) is 11.3 Å². The highest BCUT2D eigenvalue weighted by molar-refractivity contribution is 5.96. The maximum Gasteiger partial charge on any atom is 0.271 e. The first-order valence-electron chi connectivity index (χ1n) is 6.71. The highest BCUT2D eigenvalue weighted by atomic mass is 19.1. The molecule has 3 nitrogen and oxygen atoms in total. The summed E-state index contributed by atoms with van der Waals surface area (Å²) in [5.74, 6) is 0.185. The molecular formula is C15H19FN2O. The maximum atomic E-state index is 12.8. The average molecular weight is 262 g/mol. The molecule has 0 radical (unpaired) electrons.